The maximum Gasteiger partial charge on any atom is 0.242 e. The minimum absolute atomic E-state index is 0.0218. The smallest absolute Gasteiger partial charge is 0.242 e. The summed E-state index contributed by atoms with van der Waals surface area (Å²) in [5, 5.41) is 12.3. The molecule has 9 heteroatoms. The van der Waals surface area contributed by atoms with Crippen molar-refractivity contribution in [2.24, 2.45) is 16.9 Å². The fraction of sp³-hybridized carbons (Fsp3) is 0.550. The molecule has 5 N–H and O–H groups in total. The number of benzene rings is 1. The van der Waals surface area contributed by atoms with Crippen molar-refractivity contribution in [3.8, 4) is 0 Å². The summed E-state index contributed by atoms with van der Waals surface area (Å²) in [6.07, 6.45) is 1.53. The average Bonchev–Trinajstić information content (AvgIpc) is 2.71. The summed E-state index contributed by atoms with van der Waals surface area (Å²) in [4.78, 5) is 27.1. The first-order valence-electron chi connectivity index (χ1n) is 9.94. The Kier molecular flexibility index (Phi) is 9.39. The van der Waals surface area contributed by atoms with E-state index in [1.54, 1.807) is 0 Å². The molecule has 0 radical (unpaired) electrons. The number of hydrogen-bond donors (Lipinski definition) is 4. The number of morpholine rings is 1. The van der Waals surface area contributed by atoms with Gasteiger partial charge in [0.15, 0.2) is 0 Å². The molecular formula is C20H32N6O3. The fourth-order valence-corrected chi connectivity index (χ4v) is 3.03. The molecule has 1 saturated heterocycles. The van der Waals surface area contributed by atoms with Crippen molar-refractivity contribution in [1.29, 1.82) is 0 Å². The van der Waals surface area contributed by atoms with Gasteiger partial charge in [-0.05, 0) is 23.6 Å². The minimum Gasteiger partial charge on any atom is -0.379 e. The number of amides is 2. The molecule has 2 amide bonds. The van der Waals surface area contributed by atoms with Gasteiger partial charge in [0.25, 0.3) is 0 Å². The molecule has 1 aromatic rings. The first kappa shape index (κ1) is 22.6. The normalized spacial score (nSPS) is 16.0. The van der Waals surface area contributed by atoms with E-state index in [9.17, 15) is 9.59 Å². The lowest BCUT2D eigenvalue weighted by Gasteiger charge is -2.27. The molecule has 0 saturated carbocycles. The number of hydrazone groups is 1. The first-order chi connectivity index (χ1) is 14.0. The molecule has 9 nitrogen and oxygen atoms in total. The van der Waals surface area contributed by atoms with Crippen molar-refractivity contribution >= 4 is 23.7 Å². The topological polar surface area (TPSA) is 121 Å². The molecular weight excluding hydrogens is 372 g/mol. The van der Waals surface area contributed by atoms with Crippen molar-refractivity contribution in [2.75, 3.05) is 51.3 Å². The fourth-order valence-electron chi connectivity index (χ4n) is 3.03. The Balaban J connectivity index is 1.78. The monoisotopic (exact) mass is 404 g/mol. The standard InChI is InChI=1S/C20H32N6O3/c1-15(2)19(20(28)22-6-7-26-8-10-29-11-9-26)25-18(27)14-23-17-5-3-4-16(12-17)13-24-21/h3-5,12-13,15,19,23H,6-11,14,21H2,1-2H3,(H,22,28)(H,25,27). The molecule has 1 atom stereocenters. The van der Waals surface area contributed by atoms with E-state index >= 15 is 0 Å². The lowest BCUT2D eigenvalue weighted by Crippen LogP contribution is -2.52. The van der Waals surface area contributed by atoms with Crippen molar-refractivity contribution < 1.29 is 14.3 Å². The zero-order valence-corrected chi connectivity index (χ0v) is 17.2. The predicted molar refractivity (Wildman–Crippen MR) is 114 cm³/mol. The van der Waals surface area contributed by atoms with E-state index in [1.807, 2.05) is 38.1 Å². The van der Waals surface area contributed by atoms with Crippen LogP contribution in [0, 0.1) is 5.92 Å². The zero-order valence-electron chi connectivity index (χ0n) is 17.2. The van der Waals surface area contributed by atoms with Crippen molar-refractivity contribution in [2.45, 2.75) is 19.9 Å². The number of anilines is 1. The highest BCUT2D eigenvalue weighted by molar-refractivity contribution is 5.89. The number of nitrogens with two attached hydrogens (primary N) is 1. The molecule has 1 unspecified atom stereocenters. The molecule has 1 fully saturated rings. The molecule has 2 rings (SSSR count). The Labute approximate surface area is 172 Å². The quantitative estimate of drug-likeness (QED) is 0.247. The van der Waals surface area contributed by atoms with E-state index in [2.05, 4.69) is 26.0 Å². The first-order valence-corrected chi connectivity index (χ1v) is 9.94. The predicted octanol–water partition coefficient (Wildman–Crippen LogP) is -0.0197. The lowest BCUT2D eigenvalue weighted by atomic mass is 10.0. The van der Waals surface area contributed by atoms with E-state index < -0.39 is 6.04 Å². The van der Waals surface area contributed by atoms with Gasteiger partial charge in [-0.1, -0.05) is 26.0 Å². The Hall–Kier alpha value is -2.65. The second-order valence-electron chi connectivity index (χ2n) is 7.29. The van der Waals surface area contributed by atoms with Gasteiger partial charge in [-0.25, -0.2) is 0 Å². The van der Waals surface area contributed by atoms with Crippen molar-refractivity contribution in [3.05, 3.63) is 29.8 Å². The van der Waals surface area contributed by atoms with Gasteiger partial charge >= 0.3 is 0 Å². The van der Waals surface area contributed by atoms with Gasteiger partial charge in [0.05, 0.1) is 26.0 Å². The number of rotatable bonds is 10. The average molecular weight is 405 g/mol. The van der Waals surface area contributed by atoms with Gasteiger partial charge in [-0.15, -0.1) is 0 Å². The van der Waals surface area contributed by atoms with Crippen LogP contribution in [0.2, 0.25) is 0 Å². The van der Waals surface area contributed by atoms with Crippen LogP contribution in [0.15, 0.2) is 29.4 Å². The Morgan fingerprint density at radius 3 is 2.76 bits per heavy atom. The van der Waals surface area contributed by atoms with Crippen LogP contribution in [0.3, 0.4) is 0 Å². The van der Waals surface area contributed by atoms with Gasteiger partial charge in [-0.2, -0.15) is 5.10 Å². The molecule has 1 heterocycles. The second kappa shape index (κ2) is 12.0. The van der Waals surface area contributed by atoms with Crippen LogP contribution in [0.25, 0.3) is 0 Å². The third-order valence-corrected chi connectivity index (χ3v) is 4.66. The van der Waals surface area contributed by atoms with E-state index in [1.165, 1.54) is 6.21 Å². The van der Waals surface area contributed by atoms with Crippen LogP contribution in [0.5, 0.6) is 0 Å². The van der Waals surface area contributed by atoms with Gasteiger partial charge < -0.3 is 26.5 Å². The largest absolute Gasteiger partial charge is 0.379 e. The number of ether oxygens (including phenoxy) is 1. The van der Waals surface area contributed by atoms with Crippen LogP contribution >= 0.6 is 0 Å². The maximum absolute atomic E-state index is 12.5. The van der Waals surface area contributed by atoms with E-state index in [-0.39, 0.29) is 24.3 Å². The third kappa shape index (κ3) is 8.08. The summed E-state index contributed by atoms with van der Waals surface area (Å²) in [5.74, 6) is 4.73. The highest BCUT2D eigenvalue weighted by Gasteiger charge is 2.24. The van der Waals surface area contributed by atoms with Crippen LogP contribution in [0.1, 0.15) is 19.4 Å². The van der Waals surface area contributed by atoms with Gasteiger partial charge in [0.1, 0.15) is 6.04 Å². The molecule has 0 bridgehead atoms. The molecule has 1 aliphatic heterocycles. The summed E-state index contributed by atoms with van der Waals surface area (Å²) >= 11 is 0. The molecule has 0 spiro atoms. The summed E-state index contributed by atoms with van der Waals surface area (Å²) < 4.78 is 5.32. The second-order valence-corrected chi connectivity index (χ2v) is 7.29. The highest BCUT2D eigenvalue weighted by Crippen LogP contribution is 2.09. The Morgan fingerprint density at radius 2 is 2.07 bits per heavy atom. The number of hydrogen-bond acceptors (Lipinski definition) is 7. The number of nitrogens with zero attached hydrogens (tertiary/aromatic N) is 2. The highest BCUT2D eigenvalue weighted by atomic mass is 16.5. The third-order valence-electron chi connectivity index (χ3n) is 4.66. The number of carbonyl (C=O) groups excluding carboxylic acids is 2. The molecule has 1 aromatic carbocycles. The van der Waals surface area contributed by atoms with Crippen molar-refractivity contribution in [1.82, 2.24) is 15.5 Å². The van der Waals surface area contributed by atoms with Crippen LogP contribution in [-0.4, -0.2) is 74.9 Å². The van der Waals surface area contributed by atoms with Crippen LogP contribution < -0.4 is 21.8 Å². The molecule has 1 aliphatic rings. The van der Waals surface area contributed by atoms with E-state index in [4.69, 9.17) is 10.6 Å². The SMILES string of the molecule is CC(C)C(NC(=O)CNc1cccc(C=NN)c1)C(=O)NCCN1CCOCC1. The summed E-state index contributed by atoms with van der Waals surface area (Å²) in [6.45, 7) is 8.43. The summed E-state index contributed by atoms with van der Waals surface area (Å²) in [7, 11) is 0. The summed E-state index contributed by atoms with van der Waals surface area (Å²) in [5.41, 5.74) is 1.60. The van der Waals surface area contributed by atoms with Crippen LogP contribution in [0.4, 0.5) is 5.69 Å². The van der Waals surface area contributed by atoms with Crippen molar-refractivity contribution in [3.63, 3.8) is 0 Å². The van der Waals surface area contributed by atoms with Crippen LogP contribution in [-0.2, 0) is 14.3 Å². The summed E-state index contributed by atoms with van der Waals surface area (Å²) in [6, 6.07) is 6.81. The Morgan fingerprint density at radius 1 is 1.31 bits per heavy atom. The van der Waals surface area contributed by atoms with Gasteiger partial charge in [0.2, 0.25) is 11.8 Å². The maximum atomic E-state index is 12.5. The Bertz CT molecular complexity index is 689. The van der Waals surface area contributed by atoms with E-state index in [0.717, 1.165) is 44.1 Å². The molecule has 0 aromatic heterocycles. The zero-order chi connectivity index (χ0) is 21.1. The number of carbonyl (C=O) groups is 2. The lowest BCUT2D eigenvalue weighted by molar-refractivity contribution is -0.129. The van der Waals surface area contributed by atoms with Gasteiger partial charge in [-0.3, -0.25) is 14.5 Å². The molecule has 0 aliphatic carbocycles. The van der Waals surface area contributed by atoms with Gasteiger partial charge in [0, 0.05) is 31.9 Å². The van der Waals surface area contributed by atoms with E-state index in [0.29, 0.717) is 6.54 Å². The molecule has 29 heavy (non-hydrogen) atoms. The molecule has 160 valence electrons. The number of nitrogens with one attached hydrogen (secondary N) is 3. The minimum atomic E-state index is -0.579.